The van der Waals surface area contributed by atoms with Crippen molar-refractivity contribution < 1.29 is 26.5 Å². The summed E-state index contributed by atoms with van der Waals surface area (Å²) in [5.74, 6) is -1.79. The molecule has 0 aromatic heterocycles. The molecule has 1 saturated heterocycles. The quantitative estimate of drug-likeness (QED) is 0.654. The number of nitro groups is 1. The Bertz CT molecular complexity index is 708. The number of hydrogen-bond donors (Lipinski definition) is 1. The molecule has 1 aliphatic rings. The lowest BCUT2D eigenvalue weighted by atomic mass is 9.93. The summed E-state index contributed by atoms with van der Waals surface area (Å²) < 4.78 is 64.1. The number of para-hydroxylation sites is 1. The molecule has 0 bridgehead atoms. The van der Waals surface area contributed by atoms with Crippen LogP contribution in [0.1, 0.15) is 6.42 Å². The first-order valence-corrected chi connectivity index (χ1v) is 8.05. The van der Waals surface area contributed by atoms with E-state index in [1.165, 1.54) is 12.1 Å². The predicted molar refractivity (Wildman–Crippen MR) is 74.0 cm³/mol. The summed E-state index contributed by atoms with van der Waals surface area (Å²) >= 11 is 0. The van der Waals surface area contributed by atoms with E-state index >= 15 is 0 Å². The highest BCUT2D eigenvalue weighted by Crippen LogP contribution is 2.36. The van der Waals surface area contributed by atoms with E-state index < -0.39 is 63.2 Å². The Hall–Kier alpha value is -1.72. The maximum absolute atomic E-state index is 12.8. The topological polar surface area (TPSA) is 107 Å². The highest BCUT2D eigenvalue weighted by Gasteiger charge is 2.48. The van der Waals surface area contributed by atoms with E-state index in [2.05, 4.69) is 0 Å². The van der Waals surface area contributed by atoms with Crippen LogP contribution in [0.15, 0.2) is 29.2 Å². The van der Waals surface area contributed by atoms with Gasteiger partial charge in [0.25, 0.3) is 5.69 Å². The molecule has 1 aliphatic heterocycles. The van der Waals surface area contributed by atoms with Crippen molar-refractivity contribution in [1.29, 1.82) is 0 Å². The van der Waals surface area contributed by atoms with Crippen molar-refractivity contribution in [2.75, 3.05) is 13.1 Å². The fourth-order valence-electron chi connectivity index (χ4n) is 2.54. The van der Waals surface area contributed by atoms with Gasteiger partial charge in [0, 0.05) is 25.2 Å². The smallest absolute Gasteiger partial charge is 0.326 e. The zero-order valence-corrected chi connectivity index (χ0v) is 12.5. The minimum absolute atomic E-state index is 0.397. The van der Waals surface area contributed by atoms with Gasteiger partial charge in [0.1, 0.15) is 0 Å². The van der Waals surface area contributed by atoms with Crippen molar-refractivity contribution in [3.05, 3.63) is 34.4 Å². The summed E-state index contributed by atoms with van der Waals surface area (Å²) in [5.41, 5.74) is 4.84. The van der Waals surface area contributed by atoms with Gasteiger partial charge in [0.05, 0.1) is 10.8 Å². The largest absolute Gasteiger partial charge is 0.393 e. The highest BCUT2D eigenvalue weighted by atomic mass is 32.2. The van der Waals surface area contributed by atoms with Crippen LogP contribution in [0, 0.1) is 16.0 Å². The summed E-state index contributed by atoms with van der Waals surface area (Å²) in [6.45, 7) is -0.940. The third-order valence-corrected chi connectivity index (χ3v) is 5.63. The zero-order valence-electron chi connectivity index (χ0n) is 11.7. The van der Waals surface area contributed by atoms with Crippen LogP contribution in [0.4, 0.5) is 18.9 Å². The maximum atomic E-state index is 12.8. The van der Waals surface area contributed by atoms with Gasteiger partial charge in [-0.25, -0.2) is 8.42 Å². The molecule has 2 N–H and O–H groups in total. The zero-order chi connectivity index (χ0) is 17.4. The molecule has 0 aliphatic carbocycles. The van der Waals surface area contributed by atoms with E-state index in [0.717, 1.165) is 16.4 Å². The SMILES string of the molecule is NC1CN(S(=O)(=O)c2ccccc2[N+](=O)[O-])CCC1C(F)(F)F. The Kier molecular flexibility index (Phi) is 4.64. The van der Waals surface area contributed by atoms with Crippen LogP contribution in [0.2, 0.25) is 0 Å². The molecule has 1 aromatic carbocycles. The molecule has 2 atom stereocenters. The number of hydrogen-bond acceptors (Lipinski definition) is 5. The standard InChI is InChI=1S/C12H14F3N3O4S/c13-12(14,15)8-5-6-17(7-9(8)16)23(21,22)11-4-2-1-3-10(11)18(19)20/h1-4,8-9H,5-7,16H2. The highest BCUT2D eigenvalue weighted by molar-refractivity contribution is 7.89. The number of nitrogens with zero attached hydrogens (tertiary/aromatic N) is 2. The lowest BCUT2D eigenvalue weighted by molar-refractivity contribution is -0.387. The summed E-state index contributed by atoms with van der Waals surface area (Å²) in [6, 6.07) is 3.27. The second kappa shape index (κ2) is 6.06. The molecule has 2 rings (SSSR count). The second-order valence-electron chi connectivity index (χ2n) is 5.19. The minimum Gasteiger partial charge on any atom is -0.326 e. The van der Waals surface area contributed by atoms with E-state index in [4.69, 9.17) is 5.73 Å². The van der Waals surface area contributed by atoms with Gasteiger partial charge in [-0.05, 0) is 12.5 Å². The van der Waals surface area contributed by atoms with E-state index in [1.807, 2.05) is 0 Å². The number of halogens is 3. The van der Waals surface area contributed by atoms with Gasteiger partial charge in [-0.3, -0.25) is 10.1 Å². The number of sulfonamides is 1. The van der Waals surface area contributed by atoms with Gasteiger partial charge in [-0.2, -0.15) is 17.5 Å². The van der Waals surface area contributed by atoms with Crippen LogP contribution in [0.25, 0.3) is 0 Å². The molecule has 7 nitrogen and oxygen atoms in total. The van der Waals surface area contributed by atoms with Gasteiger partial charge >= 0.3 is 6.18 Å². The van der Waals surface area contributed by atoms with E-state index in [-0.39, 0.29) is 0 Å². The van der Waals surface area contributed by atoms with Crippen LogP contribution in [-0.4, -0.2) is 43.0 Å². The lowest BCUT2D eigenvalue weighted by Gasteiger charge is -2.36. The molecule has 1 heterocycles. The molecule has 0 amide bonds. The molecule has 0 spiro atoms. The van der Waals surface area contributed by atoms with Crippen molar-refractivity contribution in [1.82, 2.24) is 4.31 Å². The van der Waals surface area contributed by atoms with Crippen molar-refractivity contribution in [3.63, 3.8) is 0 Å². The summed E-state index contributed by atoms with van der Waals surface area (Å²) in [4.78, 5) is 9.54. The number of nitrogens with two attached hydrogens (primary N) is 1. The predicted octanol–water partition coefficient (Wildman–Crippen LogP) is 1.50. The third kappa shape index (κ3) is 3.46. The van der Waals surface area contributed by atoms with Crippen molar-refractivity contribution in [2.45, 2.75) is 23.5 Å². The normalized spacial score (nSPS) is 23.7. The Morgan fingerprint density at radius 3 is 2.43 bits per heavy atom. The van der Waals surface area contributed by atoms with Crippen LogP contribution in [-0.2, 0) is 10.0 Å². The Labute approximate surface area is 130 Å². The minimum atomic E-state index is -4.51. The third-order valence-electron chi connectivity index (χ3n) is 3.72. The summed E-state index contributed by atoms with van der Waals surface area (Å²) in [7, 11) is -4.30. The molecular weight excluding hydrogens is 339 g/mol. The molecule has 11 heteroatoms. The lowest BCUT2D eigenvalue weighted by Crippen LogP contribution is -2.54. The van der Waals surface area contributed by atoms with Crippen LogP contribution in [0.5, 0.6) is 0 Å². The molecule has 2 unspecified atom stereocenters. The molecule has 0 radical (unpaired) electrons. The first-order chi connectivity index (χ1) is 10.5. The Morgan fingerprint density at radius 1 is 1.30 bits per heavy atom. The number of nitro benzene ring substituents is 1. The van der Waals surface area contributed by atoms with Crippen molar-refractivity contribution in [3.8, 4) is 0 Å². The monoisotopic (exact) mass is 353 g/mol. The number of benzene rings is 1. The number of rotatable bonds is 3. The summed E-state index contributed by atoms with van der Waals surface area (Å²) in [5, 5.41) is 10.9. The van der Waals surface area contributed by atoms with Crippen molar-refractivity contribution >= 4 is 15.7 Å². The molecular formula is C12H14F3N3O4S. The van der Waals surface area contributed by atoms with Gasteiger partial charge in [-0.15, -0.1) is 0 Å². The van der Waals surface area contributed by atoms with Crippen molar-refractivity contribution in [2.24, 2.45) is 11.7 Å². The van der Waals surface area contributed by atoms with E-state index in [1.54, 1.807) is 0 Å². The first kappa shape index (κ1) is 17.6. The summed E-state index contributed by atoms with van der Waals surface area (Å²) in [6.07, 6.45) is -4.99. The van der Waals surface area contributed by atoms with Crippen LogP contribution < -0.4 is 5.73 Å². The fraction of sp³-hybridized carbons (Fsp3) is 0.500. The molecule has 1 fully saturated rings. The average Bonchev–Trinajstić information content (AvgIpc) is 2.45. The molecule has 23 heavy (non-hydrogen) atoms. The van der Waals surface area contributed by atoms with Gasteiger partial charge in [0.15, 0.2) is 4.90 Å². The number of piperidine rings is 1. The molecule has 0 saturated carbocycles. The molecule has 128 valence electrons. The van der Waals surface area contributed by atoms with Gasteiger partial charge < -0.3 is 5.73 Å². The van der Waals surface area contributed by atoms with Gasteiger partial charge in [-0.1, -0.05) is 12.1 Å². The van der Waals surface area contributed by atoms with Crippen LogP contribution >= 0.6 is 0 Å². The van der Waals surface area contributed by atoms with Crippen LogP contribution in [0.3, 0.4) is 0 Å². The average molecular weight is 353 g/mol. The first-order valence-electron chi connectivity index (χ1n) is 6.61. The maximum Gasteiger partial charge on any atom is 0.393 e. The van der Waals surface area contributed by atoms with E-state index in [9.17, 15) is 31.7 Å². The second-order valence-corrected chi connectivity index (χ2v) is 7.09. The number of alkyl halides is 3. The Balaban J connectivity index is 2.31. The fourth-order valence-corrected chi connectivity index (χ4v) is 4.19. The van der Waals surface area contributed by atoms with Gasteiger partial charge in [0.2, 0.25) is 10.0 Å². The Morgan fingerprint density at radius 2 is 1.91 bits per heavy atom. The molecule has 1 aromatic rings. The van der Waals surface area contributed by atoms with E-state index in [0.29, 0.717) is 0 Å².